The quantitative estimate of drug-likeness (QED) is 0.864. The summed E-state index contributed by atoms with van der Waals surface area (Å²) in [5.74, 6) is -0.491. The van der Waals surface area contributed by atoms with E-state index in [4.69, 9.17) is 16.3 Å². The van der Waals surface area contributed by atoms with E-state index in [0.717, 1.165) is 0 Å². The van der Waals surface area contributed by atoms with Crippen LogP contribution < -0.4 is 10.1 Å². The first-order valence-corrected chi connectivity index (χ1v) is 6.87. The maximum atomic E-state index is 12.9. The molecule has 0 aliphatic heterocycles. The minimum Gasteiger partial charge on any atom is -0.477 e. The Labute approximate surface area is 130 Å². The Morgan fingerprint density at radius 2 is 2.09 bits per heavy atom. The number of nitrogens with one attached hydrogen (secondary N) is 1. The van der Waals surface area contributed by atoms with Crippen LogP contribution >= 0.6 is 11.6 Å². The summed E-state index contributed by atoms with van der Waals surface area (Å²) in [7, 11) is 0. The predicted molar refractivity (Wildman–Crippen MR) is 77.6 cm³/mol. The molecular weight excluding hydrogens is 319 g/mol. The minimum atomic E-state index is -4.57. The molecule has 1 N–H and O–H groups in total. The SMILES string of the molecule is CCCOc1nc(Nc2cccc(Cl)c2)ncc1C(F)(F)F. The molecule has 1 aromatic heterocycles. The van der Waals surface area contributed by atoms with Gasteiger partial charge in [0.1, 0.15) is 5.56 Å². The fourth-order valence-corrected chi connectivity index (χ4v) is 1.82. The van der Waals surface area contributed by atoms with Crippen molar-refractivity contribution < 1.29 is 17.9 Å². The van der Waals surface area contributed by atoms with E-state index in [0.29, 0.717) is 23.3 Å². The van der Waals surface area contributed by atoms with Gasteiger partial charge in [0.2, 0.25) is 11.8 Å². The van der Waals surface area contributed by atoms with Crippen molar-refractivity contribution in [3.63, 3.8) is 0 Å². The summed E-state index contributed by atoms with van der Waals surface area (Å²) in [4.78, 5) is 7.47. The van der Waals surface area contributed by atoms with Gasteiger partial charge in [-0.1, -0.05) is 24.6 Å². The van der Waals surface area contributed by atoms with Crippen molar-refractivity contribution in [2.75, 3.05) is 11.9 Å². The molecule has 2 rings (SSSR count). The third-order valence-electron chi connectivity index (χ3n) is 2.58. The Balaban J connectivity index is 2.29. The predicted octanol–water partition coefficient (Wildman–Crippen LogP) is 4.68. The average molecular weight is 332 g/mol. The maximum absolute atomic E-state index is 12.9. The molecule has 118 valence electrons. The Morgan fingerprint density at radius 1 is 1.32 bits per heavy atom. The van der Waals surface area contributed by atoms with Crippen molar-refractivity contribution in [1.29, 1.82) is 0 Å². The number of ether oxygens (including phenoxy) is 1. The molecule has 0 spiro atoms. The van der Waals surface area contributed by atoms with Crippen LogP contribution in [0.2, 0.25) is 5.02 Å². The lowest BCUT2D eigenvalue weighted by molar-refractivity contribution is -0.139. The minimum absolute atomic E-state index is 0.00127. The molecule has 0 radical (unpaired) electrons. The maximum Gasteiger partial charge on any atom is 0.423 e. The first kappa shape index (κ1) is 16.4. The Bertz CT molecular complexity index is 649. The molecule has 0 amide bonds. The number of alkyl halides is 3. The van der Waals surface area contributed by atoms with Crippen LogP contribution in [0, 0.1) is 0 Å². The number of hydrogen-bond donors (Lipinski definition) is 1. The van der Waals surface area contributed by atoms with Gasteiger partial charge in [0.15, 0.2) is 0 Å². The van der Waals surface area contributed by atoms with Crippen LogP contribution in [0.5, 0.6) is 5.88 Å². The van der Waals surface area contributed by atoms with E-state index in [9.17, 15) is 13.2 Å². The molecule has 2 aromatic rings. The van der Waals surface area contributed by atoms with E-state index in [-0.39, 0.29) is 12.6 Å². The van der Waals surface area contributed by atoms with Crippen molar-refractivity contribution in [3.05, 3.63) is 41.0 Å². The van der Waals surface area contributed by atoms with Gasteiger partial charge in [0.25, 0.3) is 0 Å². The van der Waals surface area contributed by atoms with Gasteiger partial charge >= 0.3 is 6.18 Å². The van der Waals surface area contributed by atoms with Crippen molar-refractivity contribution in [3.8, 4) is 5.88 Å². The number of rotatable bonds is 5. The summed E-state index contributed by atoms with van der Waals surface area (Å²) in [5, 5.41) is 3.27. The van der Waals surface area contributed by atoms with Gasteiger partial charge in [-0.2, -0.15) is 18.2 Å². The van der Waals surface area contributed by atoms with E-state index in [1.807, 2.05) is 0 Å². The molecule has 0 saturated carbocycles. The summed E-state index contributed by atoms with van der Waals surface area (Å²) in [6.07, 6.45) is -3.30. The van der Waals surface area contributed by atoms with E-state index in [1.54, 1.807) is 31.2 Å². The van der Waals surface area contributed by atoms with Crippen LogP contribution in [0.1, 0.15) is 18.9 Å². The fourth-order valence-electron chi connectivity index (χ4n) is 1.62. The topological polar surface area (TPSA) is 47.0 Å². The van der Waals surface area contributed by atoms with Gasteiger partial charge in [0.05, 0.1) is 6.61 Å². The second-order valence-electron chi connectivity index (χ2n) is 4.39. The summed E-state index contributed by atoms with van der Waals surface area (Å²) >= 11 is 5.84. The third-order valence-corrected chi connectivity index (χ3v) is 2.82. The summed E-state index contributed by atoms with van der Waals surface area (Å²) < 4.78 is 43.7. The monoisotopic (exact) mass is 331 g/mol. The lowest BCUT2D eigenvalue weighted by atomic mass is 10.3. The number of benzene rings is 1. The van der Waals surface area contributed by atoms with Crippen LogP contribution in [-0.4, -0.2) is 16.6 Å². The van der Waals surface area contributed by atoms with Gasteiger partial charge < -0.3 is 10.1 Å². The third kappa shape index (κ3) is 4.24. The molecule has 8 heteroatoms. The Kier molecular flexibility index (Phi) is 5.07. The highest BCUT2D eigenvalue weighted by atomic mass is 35.5. The smallest absolute Gasteiger partial charge is 0.423 e. The van der Waals surface area contributed by atoms with Crippen molar-refractivity contribution >= 4 is 23.2 Å². The van der Waals surface area contributed by atoms with Gasteiger partial charge in [-0.05, 0) is 24.6 Å². The second-order valence-corrected chi connectivity index (χ2v) is 4.83. The van der Waals surface area contributed by atoms with Crippen LogP contribution in [0.15, 0.2) is 30.5 Å². The molecule has 0 unspecified atom stereocenters. The van der Waals surface area contributed by atoms with Gasteiger partial charge in [-0.25, -0.2) is 4.98 Å². The van der Waals surface area contributed by atoms with Crippen LogP contribution in [0.25, 0.3) is 0 Å². The summed E-state index contributed by atoms with van der Waals surface area (Å²) in [6, 6.07) is 6.67. The zero-order chi connectivity index (χ0) is 16.2. The van der Waals surface area contributed by atoms with E-state index < -0.39 is 17.6 Å². The number of nitrogens with zero attached hydrogens (tertiary/aromatic N) is 2. The Hall–Kier alpha value is -2.02. The number of hydrogen-bond acceptors (Lipinski definition) is 4. The molecule has 22 heavy (non-hydrogen) atoms. The number of halogens is 4. The molecular formula is C14H13ClF3N3O. The second kappa shape index (κ2) is 6.83. The van der Waals surface area contributed by atoms with Crippen molar-refractivity contribution in [2.45, 2.75) is 19.5 Å². The zero-order valence-corrected chi connectivity index (χ0v) is 12.4. The molecule has 1 heterocycles. The molecule has 0 aliphatic rings. The zero-order valence-electron chi connectivity index (χ0n) is 11.6. The molecule has 0 aliphatic carbocycles. The highest BCUT2D eigenvalue weighted by Gasteiger charge is 2.36. The molecule has 0 bridgehead atoms. The molecule has 0 atom stereocenters. The highest BCUT2D eigenvalue weighted by Crippen LogP contribution is 2.35. The van der Waals surface area contributed by atoms with Crippen LogP contribution in [0.4, 0.5) is 24.8 Å². The summed E-state index contributed by atoms with van der Waals surface area (Å²) in [5.41, 5.74) is -0.439. The highest BCUT2D eigenvalue weighted by molar-refractivity contribution is 6.30. The van der Waals surface area contributed by atoms with Crippen molar-refractivity contribution in [2.24, 2.45) is 0 Å². The van der Waals surface area contributed by atoms with Gasteiger partial charge in [-0.15, -0.1) is 0 Å². The standard InChI is InChI=1S/C14H13ClF3N3O/c1-2-6-22-12-11(14(16,17)18)8-19-13(21-12)20-10-5-3-4-9(15)7-10/h3-5,7-8H,2,6H2,1H3,(H,19,20,21). The molecule has 1 aromatic carbocycles. The van der Waals surface area contributed by atoms with Crippen LogP contribution in [0.3, 0.4) is 0 Å². The molecule has 4 nitrogen and oxygen atoms in total. The lowest BCUT2D eigenvalue weighted by Crippen LogP contribution is -2.12. The number of anilines is 2. The summed E-state index contributed by atoms with van der Waals surface area (Å²) in [6.45, 7) is 1.93. The van der Waals surface area contributed by atoms with Gasteiger partial charge in [-0.3, -0.25) is 0 Å². The Morgan fingerprint density at radius 3 is 2.73 bits per heavy atom. The number of aromatic nitrogens is 2. The molecule has 0 saturated heterocycles. The fraction of sp³-hybridized carbons (Fsp3) is 0.286. The average Bonchev–Trinajstić information content (AvgIpc) is 2.44. The normalized spacial score (nSPS) is 11.3. The molecule has 0 fully saturated rings. The van der Waals surface area contributed by atoms with Crippen LogP contribution in [-0.2, 0) is 6.18 Å². The van der Waals surface area contributed by atoms with E-state index in [2.05, 4.69) is 15.3 Å². The first-order valence-electron chi connectivity index (χ1n) is 6.49. The largest absolute Gasteiger partial charge is 0.477 e. The van der Waals surface area contributed by atoms with Crippen molar-refractivity contribution in [1.82, 2.24) is 9.97 Å². The van der Waals surface area contributed by atoms with Gasteiger partial charge in [0, 0.05) is 16.9 Å². The first-order chi connectivity index (χ1) is 10.4. The van der Waals surface area contributed by atoms with E-state index >= 15 is 0 Å². The lowest BCUT2D eigenvalue weighted by Gasteiger charge is -2.13. The van der Waals surface area contributed by atoms with E-state index in [1.165, 1.54) is 0 Å².